The summed E-state index contributed by atoms with van der Waals surface area (Å²) >= 11 is 7.04. The summed E-state index contributed by atoms with van der Waals surface area (Å²) in [6.07, 6.45) is 1.94. The van der Waals surface area contributed by atoms with Gasteiger partial charge in [0.05, 0.1) is 17.7 Å². The van der Waals surface area contributed by atoms with E-state index in [0.29, 0.717) is 28.6 Å². The van der Waals surface area contributed by atoms with Crippen molar-refractivity contribution in [3.8, 4) is 0 Å². The van der Waals surface area contributed by atoms with Gasteiger partial charge in [-0.15, -0.1) is 11.8 Å². The first kappa shape index (κ1) is 26.4. The number of benzene rings is 2. The molecule has 3 aromatic rings. The van der Waals surface area contributed by atoms with E-state index in [0.717, 1.165) is 17.3 Å². The lowest BCUT2D eigenvalue weighted by atomic mass is 10.0. The van der Waals surface area contributed by atoms with Gasteiger partial charge in [-0.1, -0.05) is 23.7 Å². The molecule has 37 heavy (non-hydrogen) atoms. The zero-order chi connectivity index (χ0) is 26.4. The van der Waals surface area contributed by atoms with Crippen LogP contribution in [0.15, 0.2) is 76.4 Å². The number of rotatable bonds is 9. The topological polar surface area (TPSA) is 101 Å². The van der Waals surface area contributed by atoms with Gasteiger partial charge >= 0.3 is 5.97 Å². The van der Waals surface area contributed by atoms with Crippen LogP contribution in [0.4, 0.5) is 10.1 Å². The maximum absolute atomic E-state index is 13.0. The SMILES string of the molecule is CC(SCC(=O)Nc1ccc(F)cc1)C(=O)OCC(=O)N1N=C(c2ccc(Cl)cc2)CC1c1ccco1. The Morgan fingerprint density at radius 3 is 2.59 bits per heavy atom. The van der Waals surface area contributed by atoms with Gasteiger partial charge in [0, 0.05) is 17.1 Å². The van der Waals surface area contributed by atoms with Crippen molar-refractivity contribution >= 4 is 52.5 Å². The molecule has 1 aromatic heterocycles. The first-order chi connectivity index (χ1) is 17.8. The Kier molecular flexibility index (Phi) is 8.62. The molecule has 2 atom stereocenters. The zero-order valence-corrected chi connectivity index (χ0v) is 21.3. The van der Waals surface area contributed by atoms with Crippen molar-refractivity contribution in [1.82, 2.24) is 5.01 Å². The van der Waals surface area contributed by atoms with E-state index in [1.54, 1.807) is 31.2 Å². The van der Waals surface area contributed by atoms with Gasteiger partial charge in [0.1, 0.15) is 22.9 Å². The monoisotopic (exact) mass is 543 g/mol. The number of amides is 2. The van der Waals surface area contributed by atoms with Gasteiger partial charge in [0.2, 0.25) is 5.91 Å². The molecular weight excluding hydrogens is 521 g/mol. The number of carbonyl (C=O) groups excluding carboxylic acids is 3. The molecule has 0 spiro atoms. The largest absolute Gasteiger partial charge is 0.467 e. The van der Waals surface area contributed by atoms with Crippen LogP contribution in [-0.2, 0) is 19.1 Å². The highest BCUT2D eigenvalue weighted by Gasteiger charge is 2.35. The van der Waals surface area contributed by atoms with Crippen molar-refractivity contribution in [3.63, 3.8) is 0 Å². The Bertz CT molecular complexity index is 1280. The highest BCUT2D eigenvalue weighted by Crippen LogP contribution is 2.33. The molecule has 1 aliphatic rings. The van der Waals surface area contributed by atoms with Crippen LogP contribution >= 0.6 is 23.4 Å². The first-order valence-electron chi connectivity index (χ1n) is 11.3. The predicted molar refractivity (Wildman–Crippen MR) is 139 cm³/mol. The van der Waals surface area contributed by atoms with Gasteiger partial charge in [0.25, 0.3) is 5.91 Å². The number of nitrogens with zero attached hydrogens (tertiary/aromatic N) is 2. The maximum atomic E-state index is 13.0. The lowest BCUT2D eigenvalue weighted by Gasteiger charge is -2.20. The quantitative estimate of drug-likeness (QED) is 0.379. The summed E-state index contributed by atoms with van der Waals surface area (Å²) in [5.41, 5.74) is 1.94. The van der Waals surface area contributed by atoms with Crippen LogP contribution in [0, 0.1) is 5.82 Å². The Morgan fingerprint density at radius 1 is 1.19 bits per heavy atom. The molecule has 0 radical (unpaired) electrons. The number of hydrogen-bond donors (Lipinski definition) is 1. The summed E-state index contributed by atoms with van der Waals surface area (Å²) in [4.78, 5) is 37.5. The van der Waals surface area contributed by atoms with Gasteiger partial charge in [-0.3, -0.25) is 14.4 Å². The van der Waals surface area contributed by atoms with E-state index in [-0.39, 0.29) is 11.7 Å². The first-order valence-corrected chi connectivity index (χ1v) is 12.8. The molecule has 0 fully saturated rings. The Balaban J connectivity index is 1.31. The molecule has 2 aromatic carbocycles. The molecular formula is C26H23ClFN3O5S. The van der Waals surface area contributed by atoms with Crippen molar-refractivity contribution in [1.29, 1.82) is 0 Å². The predicted octanol–water partition coefficient (Wildman–Crippen LogP) is 5.05. The highest BCUT2D eigenvalue weighted by atomic mass is 35.5. The molecule has 2 amide bonds. The smallest absolute Gasteiger partial charge is 0.319 e. The van der Waals surface area contributed by atoms with Crippen LogP contribution < -0.4 is 5.32 Å². The number of halogens is 2. The second-order valence-corrected chi connectivity index (χ2v) is 9.91. The molecule has 2 unspecified atom stereocenters. The van der Waals surface area contributed by atoms with Gasteiger partial charge in [0.15, 0.2) is 6.61 Å². The van der Waals surface area contributed by atoms with Gasteiger partial charge in [-0.05, 0) is 61.0 Å². The molecule has 0 bridgehead atoms. The van der Waals surface area contributed by atoms with Crippen LogP contribution in [0.25, 0.3) is 0 Å². The van der Waals surface area contributed by atoms with Crippen LogP contribution in [0.1, 0.15) is 30.7 Å². The highest BCUT2D eigenvalue weighted by molar-refractivity contribution is 8.01. The average Bonchev–Trinajstić information content (AvgIpc) is 3.58. The second kappa shape index (κ2) is 12.1. The van der Waals surface area contributed by atoms with Gasteiger partial charge in [-0.25, -0.2) is 9.40 Å². The van der Waals surface area contributed by atoms with Crippen LogP contribution in [-0.4, -0.2) is 46.1 Å². The molecule has 8 nitrogen and oxygen atoms in total. The van der Waals surface area contributed by atoms with Crippen molar-refractivity contribution < 1.29 is 27.9 Å². The lowest BCUT2D eigenvalue weighted by molar-refractivity contribution is -0.152. The third kappa shape index (κ3) is 6.99. The van der Waals surface area contributed by atoms with Crippen molar-refractivity contribution in [2.75, 3.05) is 17.7 Å². The molecule has 1 aliphatic heterocycles. The third-order valence-corrected chi connectivity index (χ3v) is 6.85. The number of thioether (sulfide) groups is 1. The molecule has 4 rings (SSSR count). The van der Waals surface area contributed by atoms with E-state index < -0.39 is 35.6 Å². The number of hydrogen-bond acceptors (Lipinski definition) is 7. The Labute approximate surface area is 221 Å². The fourth-order valence-corrected chi connectivity index (χ4v) is 4.38. The fraction of sp³-hybridized carbons (Fsp3) is 0.231. The van der Waals surface area contributed by atoms with E-state index in [4.69, 9.17) is 20.8 Å². The molecule has 192 valence electrons. The number of furan rings is 1. The number of anilines is 1. The van der Waals surface area contributed by atoms with Crippen LogP contribution in [0.2, 0.25) is 5.02 Å². The molecule has 0 aliphatic carbocycles. The van der Waals surface area contributed by atoms with E-state index >= 15 is 0 Å². The summed E-state index contributed by atoms with van der Waals surface area (Å²) in [7, 11) is 0. The van der Waals surface area contributed by atoms with Crippen LogP contribution in [0.5, 0.6) is 0 Å². The number of nitrogens with one attached hydrogen (secondary N) is 1. The van der Waals surface area contributed by atoms with E-state index in [2.05, 4.69) is 10.4 Å². The van der Waals surface area contributed by atoms with Crippen LogP contribution in [0.3, 0.4) is 0 Å². The second-order valence-electron chi connectivity index (χ2n) is 8.14. The molecule has 2 heterocycles. The summed E-state index contributed by atoms with van der Waals surface area (Å²) < 4.78 is 23.7. The number of carbonyl (C=O) groups is 3. The molecule has 11 heteroatoms. The van der Waals surface area contributed by atoms with E-state index in [1.165, 1.54) is 35.5 Å². The van der Waals surface area contributed by atoms with Gasteiger partial charge < -0.3 is 14.5 Å². The normalized spacial score (nSPS) is 15.7. The minimum atomic E-state index is -0.695. The number of esters is 1. The van der Waals surface area contributed by atoms with Crippen molar-refractivity contribution in [2.24, 2.45) is 5.10 Å². The summed E-state index contributed by atoms with van der Waals surface area (Å²) in [6, 6.07) is 15.5. The molecule has 0 saturated heterocycles. The standard InChI is InChI=1S/C26H23ClFN3O5S/c1-16(37-15-24(32)29-20-10-8-19(28)9-11-20)26(34)36-14-25(33)31-22(23-3-2-12-35-23)13-21(30-31)17-4-6-18(27)7-5-17/h2-12,16,22H,13-15H2,1H3,(H,29,32). The number of hydrazone groups is 1. The summed E-state index contributed by atoms with van der Waals surface area (Å²) in [5.74, 6) is -1.37. The fourth-order valence-electron chi connectivity index (χ4n) is 3.57. The third-order valence-electron chi connectivity index (χ3n) is 5.48. The minimum absolute atomic E-state index is 0.0248. The van der Waals surface area contributed by atoms with Crippen molar-refractivity contribution in [2.45, 2.75) is 24.6 Å². The maximum Gasteiger partial charge on any atom is 0.319 e. The lowest BCUT2D eigenvalue weighted by Crippen LogP contribution is -2.32. The van der Waals surface area contributed by atoms with Crippen molar-refractivity contribution in [3.05, 3.63) is 89.1 Å². The Morgan fingerprint density at radius 2 is 1.92 bits per heavy atom. The zero-order valence-electron chi connectivity index (χ0n) is 19.7. The average molecular weight is 544 g/mol. The molecule has 1 N–H and O–H groups in total. The number of ether oxygens (including phenoxy) is 1. The van der Waals surface area contributed by atoms with E-state index in [9.17, 15) is 18.8 Å². The summed E-state index contributed by atoms with van der Waals surface area (Å²) in [6.45, 7) is 1.07. The Hall–Kier alpha value is -3.63. The molecule has 0 saturated carbocycles. The minimum Gasteiger partial charge on any atom is -0.467 e. The van der Waals surface area contributed by atoms with E-state index in [1.807, 2.05) is 12.1 Å². The summed E-state index contributed by atoms with van der Waals surface area (Å²) in [5, 5.41) is 8.26. The van der Waals surface area contributed by atoms with Gasteiger partial charge in [-0.2, -0.15) is 5.10 Å².